The van der Waals surface area contributed by atoms with Gasteiger partial charge in [-0.1, -0.05) is 5.11 Å². The molecule has 0 aromatic heterocycles. The molecule has 0 aliphatic rings. The van der Waals surface area contributed by atoms with Crippen molar-refractivity contribution in [3.8, 4) is 0 Å². The van der Waals surface area contributed by atoms with Crippen molar-refractivity contribution < 1.29 is 23.6 Å². The Morgan fingerprint density at radius 2 is 2.18 bits per heavy atom. The van der Waals surface area contributed by atoms with Crippen molar-refractivity contribution >= 4 is 19.0 Å². The molecular formula is C11H15N4O6P. The summed E-state index contributed by atoms with van der Waals surface area (Å²) in [5, 5.41) is 14.3. The van der Waals surface area contributed by atoms with Crippen molar-refractivity contribution in [1.29, 1.82) is 0 Å². The Balaban J connectivity index is 3.50. The van der Waals surface area contributed by atoms with E-state index in [9.17, 15) is 19.6 Å². The first-order valence-electron chi connectivity index (χ1n) is 6.29. The van der Waals surface area contributed by atoms with E-state index in [2.05, 4.69) is 10.0 Å². The van der Waals surface area contributed by atoms with Gasteiger partial charge in [-0.3, -0.25) is 14.7 Å². The molecule has 0 amide bonds. The maximum atomic E-state index is 12.2. The molecule has 0 fully saturated rings. The molecule has 0 aliphatic carbocycles. The van der Waals surface area contributed by atoms with E-state index in [1.54, 1.807) is 6.92 Å². The van der Waals surface area contributed by atoms with E-state index in [0.29, 0.717) is 0 Å². The zero-order valence-electron chi connectivity index (χ0n) is 11.9. The SMILES string of the molecule is CCOC(c1cc([N+](=O)[O-])ccc1N=[N+]=[N-])P(=O)(O)OCC. The fourth-order valence-corrected chi connectivity index (χ4v) is 3.16. The van der Waals surface area contributed by atoms with Gasteiger partial charge in [0, 0.05) is 34.9 Å². The van der Waals surface area contributed by atoms with Crippen molar-refractivity contribution in [2.45, 2.75) is 19.7 Å². The summed E-state index contributed by atoms with van der Waals surface area (Å²) in [5.74, 6) is -1.49. The van der Waals surface area contributed by atoms with Crippen molar-refractivity contribution in [1.82, 2.24) is 0 Å². The standard InChI is InChI=1S/C11H15N4O6P/c1-3-20-11(22(18,19)21-4-2)9-7-8(15(16)17)5-6-10(9)13-14-12/h5-7,11H,3-4H2,1-2H3,(H,18,19). The van der Waals surface area contributed by atoms with Crippen LogP contribution in [0.5, 0.6) is 0 Å². The lowest BCUT2D eigenvalue weighted by atomic mass is 10.1. The smallest absolute Gasteiger partial charge is 0.361 e. The molecule has 11 heteroatoms. The second-order valence-electron chi connectivity index (χ2n) is 3.98. The second kappa shape index (κ2) is 7.88. The second-order valence-corrected chi connectivity index (χ2v) is 5.83. The van der Waals surface area contributed by atoms with E-state index in [1.807, 2.05) is 0 Å². The van der Waals surface area contributed by atoms with Gasteiger partial charge >= 0.3 is 7.60 Å². The zero-order chi connectivity index (χ0) is 16.8. The summed E-state index contributed by atoms with van der Waals surface area (Å²) in [6.07, 6.45) is 0. The highest BCUT2D eigenvalue weighted by Crippen LogP contribution is 2.58. The molecule has 0 aliphatic heterocycles. The molecule has 1 rings (SSSR count). The Hall–Kier alpha value is -1.96. The Labute approximate surface area is 126 Å². The van der Waals surface area contributed by atoms with Crippen LogP contribution in [0.1, 0.15) is 25.3 Å². The van der Waals surface area contributed by atoms with E-state index in [4.69, 9.17) is 14.8 Å². The van der Waals surface area contributed by atoms with Gasteiger partial charge < -0.3 is 14.2 Å². The first kappa shape index (κ1) is 18.1. The average molecular weight is 330 g/mol. The van der Waals surface area contributed by atoms with Gasteiger partial charge in [0.1, 0.15) is 0 Å². The lowest BCUT2D eigenvalue weighted by Crippen LogP contribution is -2.08. The first-order valence-corrected chi connectivity index (χ1v) is 7.94. The Morgan fingerprint density at radius 3 is 2.68 bits per heavy atom. The topological polar surface area (TPSA) is 148 Å². The number of azide groups is 1. The van der Waals surface area contributed by atoms with Crippen LogP contribution in [0.15, 0.2) is 23.3 Å². The van der Waals surface area contributed by atoms with Crippen LogP contribution >= 0.6 is 7.60 Å². The van der Waals surface area contributed by atoms with E-state index in [0.717, 1.165) is 12.1 Å². The molecule has 2 unspecified atom stereocenters. The zero-order valence-corrected chi connectivity index (χ0v) is 12.8. The molecule has 10 nitrogen and oxygen atoms in total. The number of non-ortho nitro benzene ring substituents is 1. The van der Waals surface area contributed by atoms with Gasteiger partial charge in [-0.25, -0.2) is 0 Å². The predicted octanol–water partition coefficient (Wildman–Crippen LogP) is 3.79. The van der Waals surface area contributed by atoms with Crippen LogP contribution in [0.3, 0.4) is 0 Å². The minimum absolute atomic E-state index is 0.0412. The number of nitro benzene ring substituents is 1. The summed E-state index contributed by atoms with van der Waals surface area (Å²) in [6.45, 7) is 3.11. The Kier molecular flexibility index (Phi) is 6.48. The van der Waals surface area contributed by atoms with Gasteiger partial charge in [-0.2, -0.15) is 0 Å². The number of nitrogens with zero attached hydrogens (tertiary/aromatic N) is 4. The number of hydrogen-bond donors (Lipinski definition) is 1. The van der Waals surface area contributed by atoms with Crippen molar-refractivity contribution in [2.24, 2.45) is 5.11 Å². The quantitative estimate of drug-likeness (QED) is 0.191. The number of hydrogen-bond acceptors (Lipinski definition) is 6. The van der Waals surface area contributed by atoms with Gasteiger partial charge in [0.25, 0.3) is 5.69 Å². The minimum atomic E-state index is -4.27. The van der Waals surface area contributed by atoms with Gasteiger partial charge in [0.05, 0.1) is 11.5 Å². The van der Waals surface area contributed by atoms with E-state index in [-0.39, 0.29) is 30.2 Å². The highest BCUT2D eigenvalue weighted by Gasteiger charge is 2.36. The van der Waals surface area contributed by atoms with E-state index in [1.165, 1.54) is 13.0 Å². The van der Waals surface area contributed by atoms with Crippen LogP contribution in [0.25, 0.3) is 10.4 Å². The van der Waals surface area contributed by atoms with Crippen LogP contribution < -0.4 is 0 Å². The molecule has 1 aromatic carbocycles. The van der Waals surface area contributed by atoms with E-state index >= 15 is 0 Å². The lowest BCUT2D eigenvalue weighted by Gasteiger charge is -2.23. The molecule has 2 atom stereocenters. The molecule has 0 spiro atoms. The molecule has 0 saturated carbocycles. The monoisotopic (exact) mass is 330 g/mol. The number of nitro groups is 1. The molecule has 0 heterocycles. The average Bonchev–Trinajstić information content (AvgIpc) is 2.45. The summed E-state index contributed by atoms with van der Waals surface area (Å²) < 4.78 is 22.3. The lowest BCUT2D eigenvalue weighted by molar-refractivity contribution is -0.384. The van der Waals surface area contributed by atoms with Crippen LogP contribution in [-0.2, 0) is 13.8 Å². The molecule has 1 N–H and O–H groups in total. The van der Waals surface area contributed by atoms with Gasteiger partial charge in [0.15, 0.2) is 5.85 Å². The molecule has 22 heavy (non-hydrogen) atoms. The van der Waals surface area contributed by atoms with Gasteiger partial charge in [-0.05, 0) is 25.4 Å². The van der Waals surface area contributed by atoms with Gasteiger partial charge in [-0.15, -0.1) is 0 Å². The summed E-state index contributed by atoms with van der Waals surface area (Å²) in [5.41, 5.74) is 8.12. The summed E-state index contributed by atoms with van der Waals surface area (Å²) in [7, 11) is -4.27. The molecule has 120 valence electrons. The number of ether oxygens (including phenoxy) is 1. The summed E-state index contributed by atoms with van der Waals surface area (Å²) in [6, 6.07) is 3.34. The van der Waals surface area contributed by atoms with Crippen LogP contribution in [0.4, 0.5) is 11.4 Å². The third-order valence-corrected chi connectivity index (χ3v) is 4.22. The van der Waals surface area contributed by atoms with Crippen LogP contribution in [0, 0.1) is 10.1 Å². The highest BCUT2D eigenvalue weighted by molar-refractivity contribution is 7.53. The Morgan fingerprint density at radius 1 is 1.50 bits per heavy atom. The van der Waals surface area contributed by atoms with E-state index < -0.39 is 18.4 Å². The highest BCUT2D eigenvalue weighted by atomic mass is 31.2. The molecule has 0 radical (unpaired) electrons. The molecular weight excluding hydrogens is 315 g/mol. The van der Waals surface area contributed by atoms with Crippen molar-refractivity contribution in [3.05, 3.63) is 44.3 Å². The van der Waals surface area contributed by atoms with Gasteiger partial charge in [0.2, 0.25) is 0 Å². The summed E-state index contributed by atoms with van der Waals surface area (Å²) in [4.78, 5) is 22.8. The van der Waals surface area contributed by atoms with Crippen LogP contribution in [-0.4, -0.2) is 23.0 Å². The predicted molar refractivity (Wildman–Crippen MR) is 77.7 cm³/mol. The summed E-state index contributed by atoms with van der Waals surface area (Å²) >= 11 is 0. The van der Waals surface area contributed by atoms with Crippen molar-refractivity contribution in [2.75, 3.05) is 13.2 Å². The largest absolute Gasteiger partial charge is 0.361 e. The Bertz CT molecular complexity index is 645. The normalized spacial score (nSPS) is 14.7. The first-order chi connectivity index (χ1) is 10.4. The third kappa shape index (κ3) is 4.27. The van der Waals surface area contributed by atoms with Crippen molar-refractivity contribution in [3.63, 3.8) is 0 Å². The molecule has 0 bridgehead atoms. The minimum Gasteiger partial charge on any atom is -0.361 e. The number of benzene rings is 1. The maximum Gasteiger partial charge on any atom is 0.361 e. The third-order valence-electron chi connectivity index (χ3n) is 2.58. The molecule has 0 saturated heterocycles. The molecule has 1 aromatic rings. The fourth-order valence-electron chi connectivity index (χ4n) is 1.76. The fraction of sp³-hybridized carbons (Fsp3) is 0.455. The maximum absolute atomic E-state index is 12.2. The van der Waals surface area contributed by atoms with Crippen LogP contribution in [0.2, 0.25) is 0 Å². The number of rotatable bonds is 8.